The van der Waals surface area contributed by atoms with E-state index in [9.17, 15) is 0 Å². The SMILES string of the molecule is CN(Cc1cccc(-c2ccc3oc4c5cc(cc4c3c2)C2(c3ccccc3Nc3ccccc3-5)c3ccccc3-c3ccccc32)c1)/C(=C\Cc1ccccc1)c1ccccc1. The highest BCUT2D eigenvalue weighted by atomic mass is 16.3. The summed E-state index contributed by atoms with van der Waals surface area (Å²) in [5, 5.41) is 6.16. The van der Waals surface area contributed by atoms with Crippen molar-refractivity contribution in [2.75, 3.05) is 12.4 Å². The van der Waals surface area contributed by atoms with Gasteiger partial charge in [-0.15, -0.1) is 0 Å². The lowest BCUT2D eigenvalue weighted by atomic mass is 9.66. The molecule has 1 N–H and O–H groups in total. The van der Waals surface area contributed by atoms with E-state index in [1.165, 1.54) is 61.3 Å². The Labute approximate surface area is 368 Å². The molecule has 2 aliphatic rings. The molecule has 0 radical (unpaired) electrons. The van der Waals surface area contributed by atoms with E-state index < -0.39 is 5.41 Å². The Hall–Kier alpha value is -7.88. The quantitative estimate of drug-likeness (QED) is 0.174. The summed E-state index contributed by atoms with van der Waals surface area (Å²) >= 11 is 0. The molecule has 1 aliphatic heterocycles. The fourth-order valence-electron chi connectivity index (χ4n) is 10.5. The first-order valence-corrected chi connectivity index (χ1v) is 21.9. The molecule has 0 amide bonds. The average Bonchev–Trinajstić information content (AvgIpc) is 3.87. The molecule has 0 unspecified atom stereocenters. The number of hydrogen-bond acceptors (Lipinski definition) is 3. The third kappa shape index (κ3) is 6.03. The Kier molecular flexibility index (Phi) is 8.75. The Bertz CT molecular complexity index is 3350. The van der Waals surface area contributed by atoms with E-state index in [1.54, 1.807) is 0 Å². The molecular weight excluding hydrogens is 765 g/mol. The highest BCUT2D eigenvalue weighted by Crippen LogP contribution is 2.59. The lowest BCUT2D eigenvalue weighted by Crippen LogP contribution is -2.29. The molecule has 2 heterocycles. The topological polar surface area (TPSA) is 28.4 Å². The van der Waals surface area contributed by atoms with Crippen molar-refractivity contribution in [3.05, 3.63) is 257 Å². The molecule has 63 heavy (non-hydrogen) atoms. The van der Waals surface area contributed by atoms with E-state index in [2.05, 4.69) is 236 Å². The molecular formula is C60H44N2O. The van der Waals surface area contributed by atoms with Crippen LogP contribution in [0.25, 0.3) is 61.0 Å². The first kappa shape index (κ1) is 36.9. The minimum absolute atomic E-state index is 0.586. The normalized spacial score (nSPS) is 13.3. The minimum atomic E-state index is -0.586. The van der Waals surface area contributed by atoms with Crippen molar-refractivity contribution in [1.29, 1.82) is 0 Å². The van der Waals surface area contributed by atoms with Gasteiger partial charge in [0, 0.05) is 52.6 Å². The Morgan fingerprint density at radius 1 is 0.508 bits per heavy atom. The fourth-order valence-corrected chi connectivity index (χ4v) is 10.5. The number of fused-ring (bicyclic) bond motifs is 16. The molecule has 10 aromatic rings. The number of hydrogen-bond donors (Lipinski definition) is 1. The van der Waals surface area contributed by atoms with Crippen molar-refractivity contribution in [2.24, 2.45) is 0 Å². The van der Waals surface area contributed by atoms with Gasteiger partial charge in [0.25, 0.3) is 0 Å². The Morgan fingerprint density at radius 3 is 1.89 bits per heavy atom. The van der Waals surface area contributed by atoms with E-state index in [0.29, 0.717) is 0 Å². The minimum Gasteiger partial charge on any atom is -0.455 e. The molecule has 0 atom stereocenters. The number of nitrogens with one attached hydrogen (secondary N) is 1. The predicted octanol–water partition coefficient (Wildman–Crippen LogP) is 15.1. The summed E-state index contributed by atoms with van der Waals surface area (Å²) in [6.45, 7) is 0.771. The van der Waals surface area contributed by atoms with Gasteiger partial charge in [0.05, 0.1) is 5.41 Å². The van der Waals surface area contributed by atoms with Gasteiger partial charge in [0.1, 0.15) is 11.2 Å². The first-order valence-electron chi connectivity index (χ1n) is 21.9. The molecule has 0 saturated carbocycles. The van der Waals surface area contributed by atoms with E-state index in [1.807, 2.05) is 0 Å². The van der Waals surface area contributed by atoms with E-state index >= 15 is 0 Å². The highest BCUT2D eigenvalue weighted by molar-refractivity contribution is 6.12. The zero-order chi connectivity index (χ0) is 41.9. The zero-order valence-electron chi connectivity index (χ0n) is 35.1. The maximum Gasteiger partial charge on any atom is 0.143 e. The molecule has 1 aromatic heterocycles. The lowest BCUT2D eigenvalue weighted by Gasteiger charge is -2.35. The summed E-state index contributed by atoms with van der Waals surface area (Å²) < 4.78 is 6.97. The average molecular weight is 809 g/mol. The summed E-state index contributed by atoms with van der Waals surface area (Å²) in [5.41, 5.74) is 20.4. The van der Waals surface area contributed by atoms with Crippen LogP contribution in [0.5, 0.6) is 0 Å². The molecule has 3 heteroatoms. The molecule has 1 aliphatic carbocycles. The van der Waals surface area contributed by atoms with Gasteiger partial charge in [-0.1, -0.05) is 176 Å². The molecule has 12 rings (SSSR count). The van der Waals surface area contributed by atoms with Crippen LogP contribution in [-0.2, 0) is 18.4 Å². The molecule has 9 aromatic carbocycles. The van der Waals surface area contributed by atoms with Gasteiger partial charge in [-0.3, -0.25) is 0 Å². The van der Waals surface area contributed by atoms with E-state index in [0.717, 1.165) is 63.0 Å². The number of anilines is 2. The number of benzene rings is 9. The largest absolute Gasteiger partial charge is 0.455 e. The van der Waals surface area contributed by atoms with Gasteiger partial charge in [0.15, 0.2) is 0 Å². The molecule has 300 valence electrons. The van der Waals surface area contributed by atoms with Crippen LogP contribution in [0.4, 0.5) is 11.4 Å². The lowest BCUT2D eigenvalue weighted by molar-refractivity contribution is 0.474. The first-order chi connectivity index (χ1) is 31.1. The molecule has 1 spiro atoms. The van der Waals surface area contributed by atoms with Crippen LogP contribution in [0.2, 0.25) is 0 Å². The summed E-state index contributed by atoms with van der Waals surface area (Å²) in [5.74, 6) is 0. The van der Waals surface area contributed by atoms with Gasteiger partial charge in [0.2, 0.25) is 0 Å². The summed E-state index contributed by atoms with van der Waals surface area (Å²) in [7, 11) is 2.20. The van der Waals surface area contributed by atoms with Gasteiger partial charge in [-0.25, -0.2) is 0 Å². The Balaban J connectivity index is 1.01. The van der Waals surface area contributed by atoms with Gasteiger partial charge >= 0.3 is 0 Å². The third-order valence-electron chi connectivity index (χ3n) is 13.3. The second-order valence-electron chi connectivity index (χ2n) is 17.0. The second kappa shape index (κ2) is 14.9. The van der Waals surface area contributed by atoms with Crippen LogP contribution in [-0.4, -0.2) is 11.9 Å². The molecule has 3 nitrogen and oxygen atoms in total. The number of allylic oxidation sites excluding steroid dienone is 1. The van der Waals surface area contributed by atoms with E-state index in [4.69, 9.17) is 4.42 Å². The monoisotopic (exact) mass is 808 g/mol. The van der Waals surface area contributed by atoms with Crippen LogP contribution in [0, 0.1) is 0 Å². The van der Waals surface area contributed by atoms with Crippen LogP contribution < -0.4 is 5.32 Å². The summed E-state index contributed by atoms with van der Waals surface area (Å²) in [4.78, 5) is 2.37. The van der Waals surface area contributed by atoms with Crippen LogP contribution in [0.3, 0.4) is 0 Å². The number of nitrogens with zero attached hydrogens (tertiary/aromatic N) is 1. The van der Waals surface area contributed by atoms with Crippen molar-refractivity contribution < 1.29 is 4.42 Å². The Morgan fingerprint density at radius 2 is 1.13 bits per heavy atom. The van der Waals surface area contributed by atoms with Crippen molar-refractivity contribution in [1.82, 2.24) is 4.90 Å². The van der Waals surface area contributed by atoms with E-state index in [-0.39, 0.29) is 0 Å². The fraction of sp³-hybridized carbons (Fsp3) is 0.0667. The van der Waals surface area contributed by atoms with Crippen LogP contribution in [0.15, 0.2) is 223 Å². The van der Waals surface area contributed by atoms with Crippen molar-refractivity contribution in [3.8, 4) is 33.4 Å². The molecule has 0 fully saturated rings. The van der Waals surface area contributed by atoms with Gasteiger partial charge < -0.3 is 14.6 Å². The highest BCUT2D eigenvalue weighted by Gasteiger charge is 2.48. The summed E-state index contributed by atoms with van der Waals surface area (Å²) in [6, 6.07) is 77.5. The smallest absolute Gasteiger partial charge is 0.143 e. The van der Waals surface area contributed by atoms with Gasteiger partial charge in [-0.2, -0.15) is 0 Å². The van der Waals surface area contributed by atoms with Crippen LogP contribution >= 0.6 is 0 Å². The van der Waals surface area contributed by atoms with Crippen molar-refractivity contribution in [3.63, 3.8) is 0 Å². The number of furan rings is 1. The maximum atomic E-state index is 6.97. The molecule has 0 saturated heterocycles. The van der Waals surface area contributed by atoms with Crippen LogP contribution in [0.1, 0.15) is 38.9 Å². The maximum absolute atomic E-state index is 6.97. The predicted molar refractivity (Wildman–Crippen MR) is 261 cm³/mol. The van der Waals surface area contributed by atoms with Crippen molar-refractivity contribution >= 4 is 39.0 Å². The second-order valence-corrected chi connectivity index (χ2v) is 17.0. The number of rotatable bonds is 7. The summed E-state index contributed by atoms with van der Waals surface area (Å²) in [6.07, 6.45) is 3.22. The van der Waals surface area contributed by atoms with Gasteiger partial charge in [-0.05, 0) is 110 Å². The number of para-hydroxylation sites is 2. The van der Waals surface area contributed by atoms with Crippen molar-refractivity contribution in [2.45, 2.75) is 18.4 Å². The third-order valence-corrected chi connectivity index (χ3v) is 13.3. The standard InChI is InChI=1S/C60H44N2O/c1-62(57(42-20-6-3-7-21-42)33-31-40-17-4-2-5-18-40)39-41-19-16-22-43(35-41)44-32-34-58-49(36-44)51-38-45-37-50(59(51)63-58)48-25-10-14-29-55(48)61-56-30-15-13-28-54(56)60(45)52-26-11-8-23-46(52)47-24-9-12-27-53(47)60/h2-30,32-38,61H,31,39H2,1H3/b57-33-. The zero-order valence-corrected chi connectivity index (χ0v) is 35.1. The molecule has 2 bridgehead atoms.